The second-order valence-corrected chi connectivity index (χ2v) is 5.40. The Kier molecular flexibility index (Phi) is 5.47. The fourth-order valence-corrected chi connectivity index (χ4v) is 2.63. The molecule has 2 rings (SSSR count). The molecule has 4 nitrogen and oxygen atoms in total. The number of halogens is 3. The van der Waals surface area contributed by atoms with Crippen LogP contribution in [0, 0.1) is 11.3 Å². The molecule has 0 fully saturated rings. The highest BCUT2D eigenvalue weighted by atomic mass is 32.2. The number of benzene rings is 1. The van der Waals surface area contributed by atoms with Crippen LogP contribution in [0.25, 0.3) is 0 Å². The fraction of sp³-hybridized carbons (Fsp3) is 0.200. The van der Waals surface area contributed by atoms with Crippen molar-refractivity contribution >= 4 is 11.9 Å². The van der Waals surface area contributed by atoms with Gasteiger partial charge in [0.15, 0.2) is 0 Å². The summed E-state index contributed by atoms with van der Waals surface area (Å²) in [7, 11) is 1.39. The van der Waals surface area contributed by atoms with E-state index < -0.39 is 12.2 Å². The van der Waals surface area contributed by atoms with Crippen LogP contribution < -0.4 is 9.46 Å². The van der Waals surface area contributed by atoms with E-state index in [1.54, 1.807) is 6.07 Å². The Hall–Kier alpha value is -2.24. The summed E-state index contributed by atoms with van der Waals surface area (Å²) in [5.41, 5.74) is 0.315. The molecule has 1 heterocycles. The van der Waals surface area contributed by atoms with E-state index in [0.29, 0.717) is 10.6 Å². The van der Waals surface area contributed by atoms with Crippen LogP contribution in [0.5, 0.6) is 5.75 Å². The Labute approximate surface area is 135 Å². The van der Waals surface area contributed by atoms with E-state index >= 15 is 0 Å². The van der Waals surface area contributed by atoms with Gasteiger partial charge in [0.2, 0.25) is 0 Å². The number of pyridine rings is 1. The first kappa shape index (κ1) is 17.1. The first-order valence-electron chi connectivity index (χ1n) is 6.42. The summed E-state index contributed by atoms with van der Waals surface area (Å²) < 4.78 is 47.3. The lowest BCUT2D eigenvalue weighted by atomic mass is 10.1. The van der Waals surface area contributed by atoms with Gasteiger partial charge in [-0.15, -0.1) is 0 Å². The van der Waals surface area contributed by atoms with Crippen molar-refractivity contribution in [3.8, 4) is 11.8 Å². The highest BCUT2D eigenvalue weighted by Crippen LogP contribution is 2.36. The summed E-state index contributed by atoms with van der Waals surface area (Å²) in [5, 5.41) is 8.79. The number of nitrogens with one attached hydrogen (secondary N) is 1. The van der Waals surface area contributed by atoms with Gasteiger partial charge in [0.05, 0.1) is 12.7 Å². The standard InChI is InChI=1S/C15H12F3N3OS/c1-22-12-4-2-3-11(6-12)14(15(16,17)18)21-23-13-5-10(7-19)8-20-9-13/h2-6,8-9,14,21H,1H3. The molecule has 0 aliphatic heterocycles. The lowest BCUT2D eigenvalue weighted by Crippen LogP contribution is -2.30. The number of ether oxygens (including phenoxy) is 1. The van der Waals surface area contributed by atoms with Crippen molar-refractivity contribution in [3.05, 3.63) is 53.9 Å². The summed E-state index contributed by atoms with van der Waals surface area (Å²) in [6.07, 6.45) is -1.76. The smallest absolute Gasteiger partial charge is 0.408 e. The van der Waals surface area contributed by atoms with Gasteiger partial charge in [-0.05, 0) is 35.7 Å². The highest BCUT2D eigenvalue weighted by molar-refractivity contribution is 7.97. The van der Waals surface area contributed by atoms with Crippen LogP contribution in [0.4, 0.5) is 13.2 Å². The van der Waals surface area contributed by atoms with Gasteiger partial charge in [0.25, 0.3) is 0 Å². The maximum Gasteiger partial charge on any atom is 0.408 e. The number of nitriles is 1. The van der Waals surface area contributed by atoms with Crippen molar-refractivity contribution in [2.24, 2.45) is 0 Å². The van der Waals surface area contributed by atoms with Crippen LogP contribution in [0.1, 0.15) is 17.2 Å². The molecule has 1 aromatic heterocycles. The Bertz CT molecular complexity index is 716. The molecule has 0 bridgehead atoms. The Morgan fingerprint density at radius 3 is 2.74 bits per heavy atom. The number of aromatic nitrogens is 1. The quantitative estimate of drug-likeness (QED) is 0.838. The van der Waals surface area contributed by atoms with Gasteiger partial charge in [-0.3, -0.25) is 4.98 Å². The second kappa shape index (κ2) is 7.35. The van der Waals surface area contributed by atoms with Crippen molar-refractivity contribution in [2.45, 2.75) is 17.1 Å². The molecule has 1 aromatic carbocycles. The minimum absolute atomic E-state index is 0.0359. The van der Waals surface area contributed by atoms with Crippen LogP contribution in [-0.4, -0.2) is 18.3 Å². The molecule has 0 aliphatic carbocycles. The van der Waals surface area contributed by atoms with Crippen molar-refractivity contribution in [2.75, 3.05) is 7.11 Å². The molecule has 0 spiro atoms. The van der Waals surface area contributed by atoms with Crippen LogP contribution in [-0.2, 0) is 0 Å². The summed E-state index contributed by atoms with van der Waals surface area (Å²) in [6.45, 7) is 0. The second-order valence-electron chi connectivity index (χ2n) is 4.49. The molecule has 0 saturated carbocycles. The molecular formula is C15H12F3N3OS. The van der Waals surface area contributed by atoms with Crippen molar-refractivity contribution in [3.63, 3.8) is 0 Å². The molecule has 0 aliphatic rings. The minimum Gasteiger partial charge on any atom is -0.497 e. The molecule has 0 amide bonds. The molecule has 0 saturated heterocycles. The zero-order valence-corrected chi connectivity index (χ0v) is 12.8. The van der Waals surface area contributed by atoms with Gasteiger partial charge in [0, 0.05) is 17.3 Å². The third-order valence-corrected chi connectivity index (χ3v) is 3.70. The molecule has 8 heteroatoms. The summed E-state index contributed by atoms with van der Waals surface area (Å²) in [5.74, 6) is 0.344. The van der Waals surface area contributed by atoms with Gasteiger partial charge in [-0.2, -0.15) is 18.4 Å². The highest BCUT2D eigenvalue weighted by Gasteiger charge is 2.41. The van der Waals surface area contributed by atoms with E-state index in [9.17, 15) is 13.2 Å². The summed E-state index contributed by atoms with van der Waals surface area (Å²) in [4.78, 5) is 4.23. The Balaban J connectivity index is 2.21. The molecular weight excluding hydrogens is 327 g/mol. The molecule has 1 unspecified atom stereocenters. The average molecular weight is 339 g/mol. The van der Waals surface area contributed by atoms with Gasteiger partial charge < -0.3 is 4.74 Å². The van der Waals surface area contributed by atoms with Crippen LogP contribution in [0.2, 0.25) is 0 Å². The number of nitrogens with zero attached hydrogens (tertiary/aromatic N) is 2. The molecule has 23 heavy (non-hydrogen) atoms. The van der Waals surface area contributed by atoms with Gasteiger partial charge in [0.1, 0.15) is 17.9 Å². The third-order valence-electron chi connectivity index (χ3n) is 2.89. The zero-order chi connectivity index (χ0) is 16.9. The number of methoxy groups -OCH3 is 1. The predicted molar refractivity (Wildman–Crippen MR) is 79.7 cm³/mol. The number of alkyl halides is 3. The first-order valence-corrected chi connectivity index (χ1v) is 7.24. The fourth-order valence-electron chi connectivity index (χ4n) is 1.81. The van der Waals surface area contributed by atoms with Gasteiger partial charge >= 0.3 is 6.18 Å². The van der Waals surface area contributed by atoms with Crippen LogP contribution >= 0.6 is 11.9 Å². The van der Waals surface area contributed by atoms with E-state index in [1.165, 1.54) is 43.8 Å². The van der Waals surface area contributed by atoms with E-state index in [-0.39, 0.29) is 11.1 Å². The van der Waals surface area contributed by atoms with E-state index in [0.717, 1.165) is 11.9 Å². The monoisotopic (exact) mass is 339 g/mol. The van der Waals surface area contributed by atoms with E-state index in [2.05, 4.69) is 9.71 Å². The number of hydrogen-bond acceptors (Lipinski definition) is 5. The molecule has 0 radical (unpaired) electrons. The average Bonchev–Trinajstić information content (AvgIpc) is 2.54. The molecule has 120 valence electrons. The van der Waals surface area contributed by atoms with Gasteiger partial charge in [-0.1, -0.05) is 12.1 Å². The third kappa shape index (κ3) is 4.61. The maximum absolute atomic E-state index is 13.3. The predicted octanol–water partition coefficient (Wildman–Crippen LogP) is 3.86. The lowest BCUT2D eigenvalue weighted by Gasteiger charge is -2.21. The van der Waals surface area contributed by atoms with Crippen LogP contribution in [0.15, 0.2) is 47.6 Å². The maximum atomic E-state index is 13.3. The van der Waals surface area contributed by atoms with Crippen molar-refractivity contribution < 1.29 is 17.9 Å². The molecule has 1 atom stereocenters. The normalized spacial score (nSPS) is 12.5. The van der Waals surface area contributed by atoms with Gasteiger partial charge in [-0.25, -0.2) is 4.72 Å². The lowest BCUT2D eigenvalue weighted by molar-refractivity contribution is -0.152. The topological polar surface area (TPSA) is 57.9 Å². The number of rotatable bonds is 5. The summed E-state index contributed by atoms with van der Waals surface area (Å²) >= 11 is 0.769. The first-order chi connectivity index (χ1) is 10.9. The number of hydrogen-bond donors (Lipinski definition) is 1. The minimum atomic E-state index is -4.49. The Morgan fingerprint density at radius 1 is 1.30 bits per heavy atom. The summed E-state index contributed by atoms with van der Waals surface area (Å²) in [6, 6.07) is 7.24. The Morgan fingerprint density at radius 2 is 2.09 bits per heavy atom. The zero-order valence-electron chi connectivity index (χ0n) is 12.0. The molecule has 2 aromatic rings. The van der Waals surface area contributed by atoms with E-state index in [1.807, 2.05) is 6.07 Å². The largest absolute Gasteiger partial charge is 0.497 e. The van der Waals surface area contributed by atoms with Crippen LogP contribution in [0.3, 0.4) is 0 Å². The molecule has 1 N–H and O–H groups in total. The SMILES string of the molecule is COc1cccc(C(NSc2cncc(C#N)c2)C(F)(F)F)c1. The van der Waals surface area contributed by atoms with E-state index in [4.69, 9.17) is 10.00 Å². The van der Waals surface area contributed by atoms with Crippen molar-refractivity contribution in [1.82, 2.24) is 9.71 Å². The van der Waals surface area contributed by atoms with Crippen molar-refractivity contribution in [1.29, 1.82) is 5.26 Å².